The third-order valence-corrected chi connectivity index (χ3v) is 4.44. The van der Waals surface area contributed by atoms with Gasteiger partial charge in [-0.05, 0) is 47.8 Å². The summed E-state index contributed by atoms with van der Waals surface area (Å²) in [6.45, 7) is 1.42. The standard InChI is InChI=1S/C19H16N4O3S/c1-12(24)21-14-2-4-15(5-3-14)22-19(26)17-16(8-11-27-17)23-18(25)13-6-9-20-10-7-13/h2-11H,1H3,(H,21,24)(H,22,26)(H,23,25). The van der Waals surface area contributed by atoms with Gasteiger partial charge in [0.25, 0.3) is 11.8 Å². The van der Waals surface area contributed by atoms with Crippen LogP contribution in [0.4, 0.5) is 17.1 Å². The number of aromatic nitrogens is 1. The number of benzene rings is 1. The van der Waals surface area contributed by atoms with Crippen LogP contribution in [0.25, 0.3) is 0 Å². The van der Waals surface area contributed by atoms with Crippen LogP contribution in [0.15, 0.2) is 60.2 Å². The molecule has 0 atom stereocenters. The highest BCUT2D eigenvalue weighted by molar-refractivity contribution is 7.12. The van der Waals surface area contributed by atoms with Crippen molar-refractivity contribution in [3.8, 4) is 0 Å². The van der Waals surface area contributed by atoms with Gasteiger partial charge in [0, 0.05) is 36.3 Å². The number of pyridine rings is 1. The Labute approximate surface area is 159 Å². The van der Waals surface area contributed by atoms with Gasteiger partial charge >= 0.3 is 0 Å². The van der Waals surface area contributed by atoms with Crippen molar-refractivity contribution in [2.45, 2.75) is 6.92 Å². The Morgan fingerprint density at radius 2 is 1.44 bits per heavy atom. The minimum Gasteiger partial charge on any atom is -0.326 e. The SMILES string of the molecule is CC(=O)Nc1ccc(NC(=O)c2sccc2NC(=O)c2ccncc2)cc1. The zero-order valence-corrected chi connectivity index (χ0v) is 15.2. The van der Waals surface area contributed by atoms with Gasteiger partial charge < -0.3 is 16.0 Å². The first-order valence-electron chi connectivity index (χ1n) is 8.01. The van der Waals surface area contributed by atoms with Crippen molar-refractivity contribution >= 4 is 46.1 Å². The number of nitrogens with one attached hydrogen (secondary N) is 3. The molecule has 0 saturated heterocycles. The molecule has 3 amide bonds. The van der Waals surface area contributed by atoms with Crippen molar-refractivity contribution in [2.24, 2.45) is 0 Å². The Morgan fingerprint density at radius 1 is 0.815 bits per heavy atom. The van der Waals surface area contributed by atoms with Gasteiger partial charge in [-0.15, -0.1) is 11.3 Å². The van der Waals surface area contributed by atoms with Gasteiger partial charge in [0.2, 0.25) is 5.91 Å². The summed E-state index contributed by atoms with van der Waals surface area (Å²) in [4.78, 5) is 40.1. The molecule has 0 saturated carbocycles. The number of amides is 3. The number of carbonyl (C=O) groups is 3. The quantitative estimate of drug-likeness (QED) is 0.629. The molecule has 0 aliphatic carbocycles. The lowest BCUT2D eigenvalue weighted by molar-refractivity contribution is -0.114. The number of anilines is 3. The van der Waals surface area contributed by atoms with Crippen molar-refractivity contribution < 1.29 is 14.4 Å². The number of rotatable bonds is 5. The van der Waals surface area contributed by atoms with Crippen LogP contribution in [0.1, 0.15) is 27.0 Å². The highest BCUT2D eigenvalue weighted by Gasteiger charge is 2.16. The molecule has 0 spiro atoms. The Balaban J connectivity index is 1.68. The maximum atomic E-state index is 12.5. The molecule has 0 aliphatic heterocycles. The van der Waals surface area contributed by atoms with Gasteiger partial charge in [0.15, 0.2) is 0 Å². The van der Waals surface area contributed by atoms with Crippen LogP contribution in [0.3, 0.4) is 0 Å². The fourth-order valence-corrected chi connectivity index (χ4v) is 3.05. The van der Waals surface area contributed by atoms with E-state index in [9.17, 15) is 14.4 Å². The molecule has 2 aromatic heterocycles. The lowest BCUT2D eigenvalue weighted by Gasteiger charge is -2.08. The summed E-state index contributed by atoms with van der Waals surface area (Å²) in [5, 5.41) is 9.91. The number of carbonyl (C=O) groups excluding carboxylic acids is 3. The van der Waals surface area contributed by atoms with E-state index in [1.54, 1.807) is 47.8 Å². The van der Waals surface area contributed by atoms with Gasteiger partial charge in [-0.25, -0.2) is 0 Å². The van der Waals surface area contributed by atoms with Crippen molar-refractivity contribution in [2.75, 3.05) is 16.0 Å². The molecule has 0 bridgehead atoms. The molecule has 0 fully saturated rings. The predicted octanol–water partition coefficient (Wildman–Crippen LogP) is 3.61. The second-order valence-electron chi connectivity index (χ2n) is 5.57. The zero-order valence-electron chi connectivity index (χ0n) is 14.4. The van der Waals surface area contributed by atoms with E-state index in [1.807, 2.05) is 0 Å². The molecular formula is C19H16N4O3S. The molecule has 7 nitrogen and oxygen atoms in total. The minimum atomic E-state index is -0.331. The van der Waals surface area contributed by atoms with E-state index < -0.39 is 0 Å². The monoisotopic (exact) mass is 380 g/mol. The van der Waals surface area contributed by atoms with Crippen LogP contribution in [0, 0.1) is 0 Å². The molecule has 3 aromatic rings. The van der Waals surface area contributed by atoms with E-state index in [0.717, 1.165) is 0 Å². The summed E-state index contributed by atoms with van der Waals surface area (Å²) in [5.74, 6) is -0.813. The third-order valence-electron chi connectivity index (χ3n) is 3.53. The average molecular weight is 380 g/mol. The maximum absolute atomic E-state index is 12.5. The van der Waals surface area contributed by atoms with Gasteiger partial charge in [-0.2, -0.15) is 0 Å². The number of hydrogen-bond acceptors (Lipinski definition) is 5. The van der Waals surface area contributed by atoms with E-state index in [2.05, 4.69) is 20.9 Å². The normalized spacial score (nSPS) is 10.1. The first-order valence-corrected chi connectivity index (χ1v) is 8.89. The molecule has 0 aliphatic rings. The summed E-state index contributed by atoms with van der Waals surface area (Å²) in [5.41, 5.74) is 2.11. The first kappa shape index (κ1) is 18.3. The van der Waals surface area contributed by atoms with Crippen LogP contribution in [-0.2, 0) is 4.79 Å². The summed E-state index contributed by atoms with van der Waals surface area (Å²) >= 11 is 1.23. The van der Waals surface area contributed by atoms with E-state index in [1.165, 1.54) is 30.7 Å². The van der Waals surface area contributed by atoms with Crippen molar-refractivity contribution in [3.63, 3.8) is 0 Å². The minimum absolute atomic E-state index is 0.167. The lowest BCUT2D eigenvalue weighted by Crippen LogP contribution is -2.16. The second kappa shape index (κ2) is 8.24. The topological polar surface area (TPSA) is 100 Å². The van der Waals surface area contributed by atoms with Crippen molar-refractivity contribution in [3.05, 3.63) is 70.7 Å². The molecule has 3 rings (SSSR count). The van der Waals surface area contributed by atoms with Crippen LogP contribution in [0.2, 0.25) is 0 Å². The molecular weight excluding hydrogens is 364 g/mol. The number of thiophene rings is 1. The largest absolute Gasteiger partial charge is 0.326 e. The molecule has 136 valence electrons. The Kier molecular flexibility index (Phi) is 5.58. The third kappa shape index (κ3) is 4.77. The van der Waals surface area contributed by atoms with Crippen molar-refractivity contribution in [1.29, 1.82) is 0 Å². The number of hydrogen-bond donors (Lipinski definition) is 3. The van der Waals surface area contributed by atoms with Gasteiger partial charge in [0.1, 0.15) is 4.88 Å². The first-order chi connectivity index (χ1) is 13.0. The Hall–Kier alpha value is -3.52. The Bertz CT molecular complexity index is 968. The molecule has 2 heterocycles. The van der Waals surface area contributed by atoms with E-state index in [-0.39, 0.29) is 17.7 Å². The predicted molar refractivity (Wildman–Crippen MR) is 105 cm³/mol. The zero-order chi connectivity index (χ0) is 19.2. The van der Waals surface area contributed by atoms with Gasteiger partial charge in [-0.1, -0.05) is 0 Å². The van der Waals surface area contributed by atoms with E-state index in [0.29, 0.717) is 27.5 Å². The fraction of sp³-hybridized carbons (Fsp3) is 0.0526. The highest BCUT2D eigenvalue weighted by atomic mass is 32.1. The second-order valence-corrected chi connectivity index (χ2v) is 6.48. The van der Waals surface area contributed by atoms with Crippen molar-refractivity contribution in [1.82, 2.24) is 4.98 Å². The van der Waals surface area contributed by atoms with Crippen LogP contribution in [0.5, 0.6) is 0 Å². The fourth-order valence-electron chi connectivity index (χ4n) is 2.31. The van der Waals surface area contributed by atoms with Gasteiger partial charge in [0.05, 0.1) is 5.69 Å². The van der Waals surface area contributed by atoms with Crippen LogP contribution >= 0.6 is 11.3 Å². The summed E-state index contributed by atoms with van der Waals surface area (Å²) in [6.07, 6.45) is 3.06. The Morgan fingerprint density at radius 3 is 2.07 bits per heavy atom. The summed E-state index contributed by atoms with van der Waals surface area (Å²) in [6, 6.07) is 11.6. The molecule has 8 heteroatoms. The number of nitrogens with zero attached hydrogens (tertiary/aromatic N) is 1. The highest BCUT2D eigenvalue weighted by Crippen LogP contribution is 2.24. The molecule has 3 N–H and O–H groups in total. The van der Waals surface area contributed by atoms with E-state index >= 15 is 0 Å². The summed E-state index contributed by atoms with van der Waals surface area (Å²) in [7, 11) is 0. The van der Waals surface area contributed by atoms with E-state index in [4.69, 9.17) is 0 Å². The molecule has 1 aromatic carbocycles. The molecule has 27 heavy (non-hydrogen) atoms. The maximum Gasteiger partial charge on any atom is 0.267 e. The average Bonchev–Trinajstić information content (AvgIpc) is 3.12. The van der Waals surface area contributed by atoms with Crippen LogP contribution in [-0.4, -0.2) is 22.7 Å². The van der Waals surface area contributed by atoms with Crippen LogP contribution < -0.4 is 16.0 Å². The summed E-state index contributed by atoms with van der Waals surface area (Å²) < 4.78 is 0. The van der Waals surface area contributed by atoms with Gasteiger partial charge in [-0.3, -0.25) is 19.4 Å². The lowest BCUT2D eigenvalue weighted by atomic mass is 10.2. The smallest absolute Gasteiger partial charge is 0.267 e. The molecule has 0 radical (unpaired) electrons. The molecule has 0 unspecified atom stereocenters.